The third-order valence-corrected chi connectivity index (χ3v) is 6.28. The first kappa shape index (κ1) is 22.3. The minimum absolute atomic E-state index is 0.0923. The number of piperazine rings is 1. The summed E-state index contributed by atoms with van der Waals surface area (Å²) >= 11 is 0. The zero-order chi connectivity index (χ0) is 23.5. The lowest BCUT2D eigenvalue weighted by Crippen LogP contribution is -2.46. The summed E-state index contributed by atoms with van der Waals surface area (Å²) in [4.78, 5) is 22.8. The van der Waals surface area contributed by atoms with Crippen LogP contribution in [0.4, 0.5) is 14.5 Å². The number of halogens is 2. The standard InChI is InChI=1S/C26H26F2N4O2/c27-20-7-3-5-18-6-4-8-22(24(18)20)32-14-12-31(13-15-32)11-1-2-16-34-26-21(28)17-19-9-10-23(33)29-25(19)30-26/h3-10,17H,1-2,11-16H2,(H,29,30,33). The van der Waals surface area contributed by atoms with Crippen molar-refractivity contribution in [2.24, 2.45) is 0 Å². The number of hydrogen-bond donors (Lipinski definition) is 1. The molecule has 0 unspecified atom stereocenters. The number of nitrogens with one attached hydrogen (secondary N) is 1. The Hall–Kier alpha value is -3.52. The van der Waals surface area contributed by atoms with Gasteiger partial charge in [0.15, 0.2) is 5.82 Å². The van der Waals surface area contributed by atoms with Crippen LogP contribution in [0.2, 0.25) is 0 Å². The van der Waals surface area contributed by atoms with Crippen LogP contribution in [0, 0.1) is 11.6 Å². The van der Waals surface area contributed by atoms with Gasteiger partial charge >= 0.3 is 0 Å². The van der Waals surface area contributed by atoms with Crippen LogP contribution in [-0.4, -0.2) is 54.2 Å². The molecule has 8 heteroatoms. The van der Waals surface area contributed by atoms with Gasteiger partial charge in [0, 0.05) is 48.7 Å². The second-order valence-electron chi connectivity index (χ2n) is 8.54. The molecule has 0 bridgehead atoms. The Labute approximate surface area is 195 Å². The van der Waals surface area contributed by atoms with Crippen molar-refractivity contribution < 1.29 is 13.5 Å². The largest absolute Gasteiger partial charge is 0.476 e. The van der Waals surface area contributed by atoms with E-state index in [1.807, 2.05) is 24.3 Å². The molecule has 1 saturated heterocycles. The fraction of sp³-hybridized carbons (Fsp3) is 0.308. The van der Waals surface area contributed by atoms with Crippen molar-refractivity contribution >= 4 is 27.5 Å². The van der Waals surface area contributed by atoms with Crippen molar-refractivity contribution in [2.75, 3.05) is 44.2 Å². The van der Waals surface area contributed by atoms with Gasteiger partial charge in [-0.1, -0.05) is 24.3 Å². The van der Waals surface area contributed by atoms with E-state index in [4.69, 9.17) is 4.74 Å². The van der Waals surface area contributed by atoms with E-state index >= 15 is 0 Å². The number of rotatable bonds is 7. The molecule has 34 heavy (non-hydrogen) atoms. The molecule has 176 valence electrons. The van der Waals surface area contributed by atoms with Crippen LogP contribution in [0.1, 0.15) is 12.8 Å². The lowest BCUT2D eigenvalue weighted by atomic mass is 10.1. The SMILES string of the molecule is O=c1ccc2cc(F)c(OCCCCN3CCN(c4cccc5cccc(F)c45)CC3)nc2[nH]1. The second-order valence-corrected chi connectivity index (χ2v) is 8.54. The molecule has 0 saturated carbocycles. The summed E-state index contributed by atoms with van der Waals surface area (Å²) in [6.07, 6.45) is 1.67. The quantitative estimate of drug-likeness (QED) is 0.413. The predicted octanol–water partition coefficient (Wildman–Crippen LogP) is 4.34. The molecule has 6 nitrogen and oxygen atoms in total. The lowest BCUT2D eigenvalue weighted by Gasteiger charge is -2.36. The number of H-pyrrole nitrogens is 1. The highest BCUT2D eigenvalue weighted by Gasteiger charge is 2.19. The summed E-state index contributed by atoms with van der Waals surface area (Å²) in [6.45, 7) is 4.76. The Bertz CT molecular complexity index is 1360. The number of pyridine rings is 2. The normalized spacial score (nSPS) is 14.7. The molecule has 2 aromatic heterocycles. The molecule has 2 aromatic carbocycles. The molecule has 0 atom stereocenters. The lowest BCUT2D eigenvalue weighted by molar-refractivity contribution is 0.233. The highest BCUT2D eigenvalue weighted by molar-refractivity contribution is 5.94. The smallest absolute Gasteiger partial charge is 0.252 e. The summed E-state index contributed by atoms with van der Waals surface area (Å²) in [5.41, 5.74) is 0.978. The molecule has 1 N–H and O–H groups in total. The summed E-state index contributed by atoms with van der Waals surface area (Å²) < 4.78 is 34.2. The monoisotopic (exact) mass is 464 g/mol. The van der Waals surface area contributed by atoms with E-state index in [1.54, 1.807) is 6.07 Å². The Balaban J connectivity index is 1.10. The highest BCUT2D eigenvalue weighted by atomic mass is 19.1. The first-order valence-electron chi connectivity index (χ1n) is 11.6. The van der Waals surface area contributed by atoms with Crippen molar-refractivity contribution in [3.63, 3.8) is 0 Å². The van der Waals surface area contributed by atoms with Crippen LogP contribution in [0.3, 0.4) is 0 Å². The number of ether oxygens (including phenoxy) is 1. The molecule has 1 aliphatic rings. The maximum absolute atomic E-state index is 14.5. The number of nitrogens with zero attached hydrogens (tertiary/aromatic N) is 3. The molecular weight excluding hydrogens is 438 g/mol. The molecule has 3 heterocycles. The number of benzene rings is 2. The van der Waals surface area contributed by atoms with Crippen LogP contribution in [0.5, 0.6) is 5.88 Å². The van der Waals surface area contributed by atoms with Crippen LogP contribution in [0.25, 0.3) is 21.8 Å². The summed E-state index contributed by atoms with van der Waals surface area (Å²) in [6, 6.07) is 15.3. The second kappa shape index (κ2) is 9.77. The fourth-order valence-electron chi connectivity index (χ4n) is 4.50. The topological polar surface area (TPSA) is 61.5 Å². The van der Waals surface area contributed by atoms with Gasteiger partial charge in [0.2, 0.25) is 5.56 Å². The van der Waals surface area contributed by atoms with Gasteiger partial charge in [0.25, 0.3) is 5.88 Å². The van der Waals surface area contributed by atoms with Crippen molar-refractivity contribution in [1.29, 1.82) is 0 Å². The van der Waals surface area contributed by atoms with Gasteiger partial charge in [-0.15, -0.1) is 0 Å². The third-order valence-electron chi connectivity index (χ3n) is 6.28. The van der Waals surface area contributed by atoms with Crippen molar-refractivity contribution in [1.82, 2.24) is 14.9 Å². The van der Waals surface area contributed by atoms with Gasteiger partial charge in [0.1, 0.15) is 11.5 Å². The summed E-state index contributed by atoms with van der Waals surface area (Å²) in [5.74, 6) is -0.815. The number of unbranched alkanes of at least 4 members (excludes halogenated alkanes) is 1. The van der Waals surface area contributed by atoms with E-state index in [2.05, 4.69) is 19.8 Å². The Morgan fingerprint density at radius 3 is 2.53 bits per heavy atom. The van der Waals surface area contributed by atoms with Gasteiger partial charge in [-0.25, -0.2) is 8.78 Å². The Morgan fingerprint density at radius 1 is 0.912 bits per heavy atom. The van der Waals surface area contributed by atoms with E-state index < -0.39 is 5.82 Å². The molecule has 5 rings (SSSR count). The first-order valence-corrected chi connectivity index (χ1v) is 11.6. The molecule has 1 fully saturated rings. The van der Waals surface area contributed by atoms with Gasteiger partial charge in [-0.05, 0) is 49.0 Å². The molecule has 4 aromatic rings. The maximum atomic E-state index is 14.5. The predicted molar refractivity (Wildman–Crippen MR) is 130 cm³/mol. The van der Waals surface area contributed by atoms with Crippen LogP contribution < -0.4 is 15.2 Å². The van der Waals surface area contributed by atoms with Crippen LogP contribution in [-0.2, 0) is 0 Å². The number of hydrogen-bond acceptors (Lipinski definition) is 5. The van der Waals surface area contributed by atoms with Crippen LogP contribution >= 0.6 is 0 Å². The number of aromatic amines is 1. The fourth-order valence-corrected chi connectivity index (χ4v) is 4.50. The Kier molecular flexibility index (Phi) is 6.40. The molecule has 0 radical (unpaired) electrons. The van der Waals surface area contributed by atoms with Crippen molar-refractivity contribution in [2.45, 2.75) is 12.8 Å². The highest BCUT2D eigenvalue weighted by Crippen LogP contribution is 2.30. The maximum Gasteiger partial charge on any atom is 0.252 e. The number of anilines is 1. The van der Waals surface area contributed by atoms with E-state index in [0.29, 0.717) is 23.0 Å². The minimum atomic E-state index is -0.541. The zero-order valence-corrected chi connectivity index (χ0v) is 18.8. The first-order chi connectivity index (χ1) is 16.6. The Morgan fingerprint density at radius 2 is 1.71 bits per heavy atom. The third kappa shape index (κ3) is 4.72. The van der Waals surface area contributed by atoms with Gasteiger partial charge in [-0.2, -0.15) is 4.98 Å². The average Bonchev–Trinajstić information content (AvgIpc) is 2.84. The van der Waals surface area contributed by atoms with Crippen molar-refractivity contribution in [3.05, 3.63) is 76.6 Å². The van der Waals surface area contributed by atoms with E-state index in [-0.39, 0.29) is 17.3 Å². The van der Waals surface area contributed by atoms with Gasteiger partial charge in [0.05, 0.1) is 6.61 Å². The van der Waals surface area contributed by atoms with Gasteiger partial charge in [-0.3, -0.25) is 9.69 Å². The van der Waals surface area contributed by atoms with E-state index in [9.17, 15) is 13.6 Å². The summed E-state index contributed by atoms with van der Waals surface area (Å²) in [7, 11) is 0. The molecule has 0 amide bonds. The van der Waals surface area contributed by atoms with Gasteiger partial charge < -0.3 is 14.6 Å². The average molecular weight is 465 g/mol. The number of aromatic nitrogens is 2. The van der Waals surface area contributed by atoms with Crippen LogP contribution in [0.15, 0.2) is 59.4 Å². The minimum Gasteiger partial charge on any atom is -0.476 e. The number of fused-ring (bicyclic) bond motifs is 2. The van der Waals surface area contributed by atoms with E-state index in [0.717, 1.165) is 56.6 Å². The molecular formula is C26H26F2N4O2. The molecule has 0 aliphatic carbocycles. The molecule has 0 spiro atoms. The zero-order valence-electron chi connectivity index (χ0n) is 18.8. The van der Waals surface area contributed by atoms with E-state index in [1.165, 1.54) is 24.3 Å². The summed E-state index contributed by atoms with van der Waals surface area (Å²) in [5, 5.41) is 2.13. The van der Waals surface area contributed by atoms with Crippen molar-refractivity contribution in [3.8, 4) is 5.88 Å². The molecule has 1 aliphatic heterocycles.